The normalized spacial score (nSPS) is 42.3. The van der Waals surface area contributed by atoms with E-state index in [9.17, 15) is 4.79 Å². The number of amides is 1. The molecule has 0 aromatic rings. The Morgan fingerprint density at radius 2 is 2.45 bits per heavy atom. The van der Waals surface area contributed by atoms with Gasteiger partial charge in [-0.3, -0.25) is 4.79 Å². The van der Waals surface area contributed by atoms with Crippen LogP contribution in [0.5, 0.6) is 0 Å². The van der Waals surface area contributed by atoms with Crippen LogP contribution in [0.2, 0.25) is 0 Å². The summed E-state index contributed by atoms with van der Waals surface area (Å²) >= 11 is 0. The van der Waals surface area contributed by atoms with Crippen molar-refractivity contribution in [2.24, 2.45) is 5.92 Å². The molecule has 2 atom stereocenters. The van der Waals surface area contributed by atoms with E-state index in [0.29, 0.717) is 0 Å². The zero-order chi connectivity index (χ0) is 7.90. The molecule has 11 heavy (non-hydrogen) atoms. The van der Waals surface area contributed by atoms with E-state index < -0.39 is 0 Å². The van der Waals surface area contributed by atoms with Gasteiger partial charge in [-0.15, -0.1) is 0 Å². The van der Waals surface area contributed by atoms with Crippen LogP contribution in [-0.4, -0.2) is 25.2 Å². The lowest BCUT2D eigenvalue weighted by molar-refractivity contribution is -0.168. The van der Waals surface area contributed by atoms with Gasteiger partial charge >= 0.3 is 0 Å². The fourth-order valence-corrected chi connectivity index (χ4v) is 2.15. The zero-order valence-electron chi connectivity index (χ0n) is 6.72. The number of carbonyl (C=O) groups is 1. The molecule has 3 nitrogen and oxygen atoms in total. The van der Waals surface area contributed by atoms with Gasteiger partial charge in [0.2, 0.25) is 5.91 Å². The number of nitrogens with one attached hydrogen (secondary N) is 1. The van der Waals surface area contributed by atoms with Crippen molar-refractivity contribution < 1.29 is 9.53 Å². The highest BCUT2D eigenvalue weighted by Gasteiger charge is 2.52. The van der Waals surface area contributed by atoms with Gasteiger partial charge in [0.25, 0.3) is 0 Å². The molecule has 2 unspecified atom stereocenters. The number of piperidine rings is 1. The summed E-state index contributed by atoms with van der Waals surface area (Å²) in [6.07, 6.45) is 3.04. The summed E-state index contributed by atoms with van der Waals surface area (Å²) in [6, 6.07) is 0. The first-order valence-corrected chi connectivity index (χ1v) is 4.11. The smallest absolute Gasteiger partial charge is 0.226 e. The van der Waals surface area contributed by atoms with Crippen molar-refractivity contribution >= 4 is 5.91 Å². The molecule has 1 aliphatic carbocycles. The van der Waals surface area contributed by atoms with Crippen LogP contribution in [0.3, 0.4) is 0 Å². The molecular formula is C8H13NO2. The molecule has 0 radical (unpaired) electrons. The number of fused-ring (bicyclic) bond motifs is 1. The molecular weight excluding hydrogens is 142 g/mol. The quantitative estimate of drug-likeness (QED) is 0.591. The minimum Gasteiger partial charge on any atom is -0.377 e. The molecule has 0 aromatic heterocycles. The Kier molecular flexibility index (Phi) is 1.42. The standard InChI is InChI=1S/C8H13NO2/c1-11-8-3-2-6(8)7(10)9-5-4-8/h6H,2-5H2,1H3,(H,9,10). The second-order valence-electron chi connectivity index (χ2n) is 3.40. The number of ether oxygens (including phenoxy) is 1. The third-order valence-corrected chi connectivity index (χ3v) is 3.06. The highest BCUT2D eigenvalue weighted by Crippen LogP contribution is 2.45. The minimum atomic E-state index is -0.0810. The molecule has 62 valence electrons. The SMILES string of the molecule is COC12CCNC(=O)C1CC2. The summed E-state index contributed by atoms with van der Waals surface area (Å²) in [6.45, 7) is 0.781. The van der Waals surface area contributed by atoms with Gasteiger partial charge in [-0.05, 0) is 19.3 Å². The lowest BCUT2D eigenvalue weighted by Crippen LogP contribution is -2.60. The number of hydrogen-bond donors (Lipinski definition) is 1. The van der Waals surface area contributed by atoms with Gasteiger partial charge in [-0.25, -0.2) is 0 Å². The lowest BCUT2D eigenvalue weighted by atomic mass is 9.65. The Bertz CT molecular complexity index is 189. The molecule has 2 rings (SSSR count). The Hall–Kier alpha value is -0.570. The first kappa shape index (κ1) is 7.10. The van der Waals surface area contributed by atoms with Crippen molar-refractivity contribution in [2.75, 3.05) is 13.7 Å². The van der Waals surface area contributed by atoms with E-state index in [-0.39, 0.29) is 17.4 Å². The van der Waals surface area contributed by atoms with E-state index in [1.165, 1.54) is 0 Å². The average molecular weight is 155 g/mol. The van der Waals surface area contributed by atoms with Crippen LogP contribution in [0.25, 0.3) is 0 Å². The van der Waals surface area contributed by atoms with Crippen LogP contribution >= 0.6 is 0 Å². The van der Waals surface area contributed by atoms with Crippen molar-refractivity contribution in [3.63, 3.8) is 0 Å². The fraction of sp³-hybridized carbons (Fsp3) is 0.875. The molecule has 2 fully saturated rings. The summed E-state index contributed by atoms with van der Waals surface area (Å²) in [4.78, 5) is 11.2. The van der Waals surface area contributed by atoms with Crippen molar-refractivity contribution in [1.29, 1.82) is 0 Å². The molecule has 0 bridgehead atoms. The molecule has 3 heteroatoms. The summed E-state index contributed by atoms with van der Waals surface area (Å²) in [5.41, 5.74) is -0.0810. The van der Waals surface area contributed by atoms with Crippen molar-refractivity contribution in [1.82, 2.24) is 5.32 Å². The van der Waals surface area contributed by atoms with Crippen LogP contribution in [0, 0.1) is 5.92 Å². The number of carbonyl (C=O) groups excluding carboxylic acids is 1. The van der Waals surface area contributed by atoms with Crippen LogP contribution in [0.15, 0.2) is 0 Å². The largest absolute Gasteiger partial charge is 0.377 e. The lowest BCUT2D eigenvalue weighted by Gasteiger charge is -2.50. The Labute approximate surface area is 66.1 Å². The fourth-order valence-electron chi connectivity index (χ4n) is 2.15. The Morgan fingerprint density at radius 1 is 1.64 bits per heavy atom. The van der Waals surface area contributed by atoms with Crippen LogP contribution in [0.1, 0.15) is 19.3 Å². The molecule has 1 heterocycles. The van der Waals surface area contributed by atoms with Crippen molar-refractivity contribution in [3.05, 3.63) is 0 Å². The average Bonchev–Trinajstić information content (AvgIpc) is 1.94. The predicted octanol–water partition coefficient (Wildman–Crippen LogP) is 0.301. The van der Waals surface area contributed by atoms with E-state index in [4.69, 9.17) is 4.74 Å². The molecule has 0 spiro atoms. The van der Waals surface area contributed by atoms with Gasteiger partial charge in [-0.2, -0.15) is 0 Å². The molecule has 1 amide bonds. The first-order valence-electron chi connectivity index (χ1n) is 4.11. The van der Waals surface area contributed by atoms with Gasteiger partial charge in [0.15, 0.2) is 0 Å². The molecule has 1 saturated heterocycles. The van der Waals surface area contributed by atoms with E-state index in [2.05, 4.69) is 5.32 Å². The topological polar surface area (TPSA) is 38.3 Å². The minimum absolute atomic E-state index is 0.0810. The summed E-state index contributed by atoms with van der Waals surface area (Å²) in [5.74, 6) is 0.325. The molecule has 2 aliphatic rings. The number of methoxy groups -OCH3 is 1. The third kappa shape index (κ3) is 0.805. The highest BCUT2D eigenvalue weighted by molar-refractivity contribution is 5.82. The summed E-state index contributed by atoms with van der Waals surface area (Å²) in [5, 5.41) is 2.85. The van der Waals surface area contributed by atoms with E-state index in [1.807, 2.05) is 0 Å². The van der Waals surface area contributed by atoms with Gasteiger partial charge in [-0.1, -0.05) is 0 Å². The van der Waals surface area contributed by atoms with Crippen LogP contribution in [-0.2, 0) is 9.53 Å². The Balaban J connectivity index is 2.15. The molecule has 1 N–H and O–H groups in total. The zero-order valence-corrected chi connectivity index (χ0v) is 6.72. The van der Waals surface area contributed by atoms with Crippen LogP contribution in [0.4, 0.5) is 0 Å². The van der Waals surface area contributed by atoms with E-state index >= 15 is 0 Å². The van der Waals surface area contributed by atoms with Gasteiger partial charge < -0.3 is 10.1 Å². The summed E-state index contributed by atoms with van der Waals surface area (Å²) < 4.78 is 5.39. The maximum Gasteiger partial charge on any atom is 0.226 e. The first-order chi connectivity index (χ1) is 5.28. The second-order valence-corrected chi connectivity index (χ2v) is 3.40. The Morgan fingerprint density at radius 3 is 2.91 bits per heavy atom. The van der Waals surface area contributed by atoms with E-state index in [0.717, 1.165) is 25.8 Å². The second kappa shape index (κ2) is 2.21. The predicted molar refractivity (Wildman–Crippen MR) is 40.1 cm³/mol. The highest BCUT2D eigenvalue weighted by atomic mass is 16.5. The van der Waals surface area contributed by atoms with Crippen LogP contribution < -0.4 is 5.32 Å². The third-order valence-electron chi connectivity index (χ3n) is 3.06. The molecule has 1 aliphatic heterocycles. The maximum atomic E-state index is 11.2. The monoisotopic (exact) mass is 155 g/mol. The summed E-state index contributed by atoms with van der Waals surface area (Å²) in [7, 11) is 1.71. The maximum absolute atomic E-state index is 11.2. The van der Waals surface area contributed by atoms with Gasteiger partial charge in [0.1, 0.15) is 0 Å². The van der Waals surface area contributed by atoms with Gasteiger partial charge in [0, 0.05) is 13.7 Å². The van der Waals surface area contributed by atoms with E-state index in [1.54, 1.807) is 7.11 Å². The number of rotatable bonds is 1. The number of hydrogen-bond acceptors (Lipinski definition) is 2. The van der Waals surface area contributed by atoms with Gasteiger partial charge in [0.05, 0.1) is 11.5 Å². The molecule has 1 saturated carbocycles. The van der Waals surface area contributed by atoms with Crippen molar-refractivity contribution in [2.45, 2.75) is 24.9 Å². The molecule has 0 aromatic carbocycles. The van der Waals surface area contributed by atoms with Crippen molar-refractivity contribution in [3.8, 4) is 0 Å².